The summed E-state index contributed by atoms with van der Waals surface area (Å²) in [6, 6.07) is 4.68. The smallest absolute Gasteiger partial charge is 0.123 e. The fourth-order valence-corrected chi connectivity index (χ4v) is 2.18. The van der Waals surface area contributed by atoms with Gasteiger partial charge in [0.1, 0.15) is 11.6 Å². The van der Waals surface area contributed by atoms with Crippen molar-refractivity contribution in [2.45, 2.75) is 32.6 Å². The molecule has 1 aromatic heterocycles. The van der Waals surface area contributed by atoms with E-state index < -0.39 is 0 Å². The van der Waals surface area contributed by atoms with E-state index in [1.54, 1.807) is 18.3 Å². The first-order valence-corrected chi connectivity index (χ1v) is 6.51. The lowest BCUT2D eigenvalue weighted by molar-refractivity contribution is 0.332. The molecular weight excluding hydrogens is 245 g/mol. The largest absolute Gasteiger partial charge is 0.494 e. The number of H-pyrrole nitrogens is 1. The van der Waals surface area contributed by atoms with Gasteiger partial charge in [0, 0.05) is 12.0 Å². The van der Waals surface area contributed by atoms with Crippen molar-refractivity contribution in [2.75, 3.05) is 6.61 Å². The Morgan fingerprint density at radius 1 is 1.37 bits per heavy atom. The van der Waals surface area contributed by atoms with Gasteiger partial charge in [0.2, 0.25) is 0 Å². The van der Waals surface area contributed by atoms with Gasteiger partial charge in [-0.3, -0.25) is 0 Å². The second-order valence-corrected chi connectivity index (χ2v) is 4.39. The molecule has 0 spiro atoms. The number of aromatic amines is 1. The highest BCUT2D eigenvalue weighted by Gasteiger charge is 2.17. The number of halogens is 1. The lowest BCUT2D eigenvalue weighted by atomic mass is 9.91. The number of rotatable bonds is 6. The first-order chi connectivity index (χ1) is 9.24. The summed E-state index contributed by atoms with van der Waals surface area (Å²) in [5.74, 6) is 0.679. The van der Waals surface area contributed by atoms with Crippen LogP contribution in [0.2, 0.25) is 0 Å². The summed E-state index contributed by atoms with van der Waals surface area (Å²) < 4.78 is 19.1. The molecule has 1 unspecified atom stereocenters. The first-order valence-electron chi connectivity index (χ1n) is 6.51. The Balaban J connectivity index is 2.28. The Bertz CT molecular complexity index is 513. The summed E-state index contributed by atoms with van der Waals surface area (Å²) in [5, 5.41) is 10.5. The highest BCUT2D eigenvalue weighted by Crippen LogP contribution is 2.32. The van der Waals surface area contributed by atoms with Gasteiger partial charge in [-0.25, -0.2) is 4.39 Å². The lowest BCUT2D eigenvalue weighted by Crippen LogP contribution is -2.06. The molecule has 5 heteroatoms. The van der Waals surface area contributed by atoms with Crippen LogP contribution in [-0.4, -0.2) is 22.0 Å². The number of hydrogen-bond acceptors (Lipinski definition) is 3. The molecule has 2 aromatic rings. The quantitative estimate of drug-likeness (QED) is 0.871. The Labute approximate surface area is 112 Å². The second-order valence-electron chi connectivity index (χ2n) is 4.39. The molecule has 1 atom stereocenters. The zero-order chi connectivity index (χ0) is 13.7. The highest BCUT2D eigenvalue weighted by molar-refractivity contribution is 5.37. The van der Waals surface area contributed by atoms with Crippen LogP contribution in [0.5, 0.6) is 5.75 Å². The van der Waals surface area contributed by atoms with Crippen LogP contribution < -0.4 is 4.74 Å². The van der Waals surface area contributed by atoms with E-state index in [1.807, 2.05) is 6.92 Å². The molecule has 0 saturated carbocycles. The molecule has 0 radical (unpaired) electrons. The summed E-state index contributed by atoms with van der Waals surface area (Å²) in [5.41, 5.74) is 1.77. The fourth-order valence-electron chi connectivity index (χ4n) is 2.18. The maximum Gasteiger partial charge on any atom is 0.123 e. The van der Waals surface area contributed by atoms with Gasteiger partial charge in [-0.2, -0.15) is 15.4 Å². The van der Waals surface area contributed by atoms with E-state index in [1.165, 1.54) is 6.07 Å². The van der Waals surface area contributed by atoms with E-state index in [2.05, 4.69) is 22.3 Å². The molecule has 102 valence electrons. The van der Waals surface area contributed by atoms with Crippen LogP contribution in [-0.2, 0) is 6.42 Å². The molecule has 0 amide bonds. The van der Waals surface area contributed by atoms with E-state index >= 15 is 0 Å². The van der Waals surface area contributed by atoms with Crippen molar-refractivity contribution in [3.05, 3.63) is 41.5 Å². The van der Waals surface area contributed by atoms with E-state index in [9.17, 15) is 4.39 Å². The molecule has 1 N–H and O–H groups in total. The van der Waals surface area contributed by atoms with Gasteiger partial charge in [-0.1, -0.05) is 6.92 Å². The molecule has 0 fully saturated rings. The van der Waals surface area contributed by atoms with Crippen molar-refractivity contribution in [1.82, 2.24) is 15.4 Å². The van der Waals surface area contributed by atoms with Gasteiger partial charge < -0.3 is 4.74 Å². The van der Waals surface area contributed by atoms with E-state index in [0.717, 1.165) is 29.8 Å². The number of aromatic nitrogens is 3. The molecule has 0 aliphatic carbocycles. The maximum atomic E-state index is 13.5. The Hall–Kier alpha value is -1.91. The van der Waals surface area contributed by atoms with Crippen molar-refractivity contribution >= 4 is 0 Å². The van der Waals surface area contributed by atoms with Gasteiger partial charge in [0.05, 0.1) is 18.5 Å². The van der Waals surface area contributed by atoms with Gasteiger partial charge in [0.15, 0.2) is 0 Å². The third-order valence-corrected chi connectivity index (χ3v) is 3.12. The van der Waals surface area contributed by atoms with E-state index in [0.29, 0.717) is 6.61 Å². The number of ether oxygens (including phenoxy) is 1. The molecule has 4 nitrogen and oxygen atoms in total. The summed E-state index contributed by atoms with van der Waals surface area (Å²) in [4.78, 5) is 0. The average Bonchev–Trinajstić information content (AvgIpc) is 2.91. The van der Waals surface area contributed by atoms with Crippen molar-refractivity contribution in [3.63, 3.8) is 0 Å². The molecular formula is C14H18FN3O. The fraction of sp³-hybridized carbons (Fsp3) is 0.429. The SMILES string of the molecule is CCOc1ccc(F)cc1C(CC)Cc1cn[nH]n1. The Morgan fingerprint density at radius 2 is 2.21 bits per heavy atom. The minimum Gasteiger partial charge on any atom is -0.494 e. The first kappa shape index (κ1) is 13.5. The van der Waals surface area contributed by atoms with Crippen LogP contribution in [0.25, 0.3) is 0 Å². The van der Waals surface area contributed by atoms with Crippen molar-refractivity contribution in [3.8, 4) is 5.75 Å². The summed E-state index contributed by atoms with van der Waals surface area (Å²) in [7, 11) is 0. The third kappa shape index (κ3) is 3.30. The van der Waals surface area contributed by atoms with Crippen LogP contribution in [0.15, 0.2) is 24.4 Å². The molecule has 1 heterocycles. The number of nitrogens with zero attached hydrogens (tertiary/aromatic N) is 2. The summed E-state index contributed by atoms with van der Waals surface area (Å²) in [6.45, 7) is 4.57. The van der Waals surface area contributed by atoms with Crippen molar-refractivity contribution < 1.29 is 9.13 Å². The maximum absolute atomic E-state index is 13.5. The van der Waals surface area contributed by atoms with Crippen LogP contribution in [0, 0.1) is 5.82 Å². The van der Waals surface area contributed by atoms with Gasteiger partial charge in [-0.15, -0.1) is 0 Å². The minimum absolute atomic E-state index is 0.169. The van der Waals surface area contributed by atoms with Crippen LogP contribution >= 0.6 is 0 Å². The predicted octanol–water partition coefficient (Wildman–Crippen LogP) is 3.08. The summed E-state index contributed by atoms with van der Waals surface area (Å²) in [6.07, 6.45) is 3.30. The minimum atomic E-state index is -0.239. The van der Waals surface area contributed by atoms with Crippen molar-refractivity contribution in [1.29, 1.82) is 0 Å². The second kappa shape index (κ2) is 6.31. The number of nitrogens with one attached hydrogen (secondary N) is 1. The van der Waals surface area contributed by atoms with E-state index in [4.69, 9.17) is 4.74 Å². The highest BCUT2D eigenvalue weighted by atomic mass is 19.1. The van der Waals surface area contributed by atoms with Gasteiger partial charge in [-0.05, 0) is 37.5 Å². The van der Waals surface area contributed by atoms with Gasteiger partial charge in [0.25, 0.3) is 0 Å². The summed E-state index contributed by atoms with van der Waals surface area (Å²) >= 11 is 0. The monoisotopic (exact) mass is 263 g/mol. The molecule has 2 rings (SSSR count). The molecule has 0 aliphatic heterocycles. The van der Waals surface area contributed by atoms with Crippen molar-refractivity contribution in [2.24, 2.45) is 0 Å². The predicted molar refractivity (Wildman–Crippen MR) is 70.7 cm³/mol. The number of benzene rings is 1. The average molecular weight is 263 g/mol. The topological polar surface area (TPSA) is 50.8 Å². The third-order valence-electron chi connectivity index (χ3n) is 3.12. The molecule has 19 heavy (non-hydrogen) atoms. The normalized spacial score (nSPS) is 12.4. The van der Waals surface area contributed by atoms with Crippen LogP contribution in [0.1, 0.15) is 37.4 Å². The van der Waals surface area contributed by atoms with E-state index in [-0.39, 0.29) is 11.7 Å². The molecule has 1 aromatic carbocycles. The zero-order valence-corrected chi connectivity index (χ0v) is 11.2. The number of hydrogen-bond donors (Lipinski definition) is 1. The molecule has 0 saturated heterocycles. The molecule has 0 bridgehead atoms. The molecule has 0 aliphatic rings. The van der Waals surface area contributed by atoms with Crippen LogP contribution in [0.3, 0.4) is 0 Å². The van der Waals surface area contributed by atoms with Gasteiger partial charge >= 0.3 is 0 Å². The Morgan fingerprint density at radius 3 is 2.84 bits per heavy atom. The lowest BCUT2D eigenvalue weighted by Gasteiger charge is -2.18. The Kier molecular flexibility index (Phi) is 4.49. The van der Waals surface area contributed by atoms with Crippen LogP contribution in [0.4, 0.5) is 4.39 Å². The zero-order valence-electron chi connectivity index (χ0n) is 11.2. The standard InChI is InChI=1S/C14H18FN3O/c1-3-10(7-12-9-16-18-17-12)13-8-11(15)5-6-14(13)19-4-2/h5-6,8-10H,3-4,7H2,1-2H3,(H,16,17,18).